The van der Waals surface area contributed by atoms with Gasteiger partial charge in [-0.1, -0.05) is 135 Å². The number of aromatic nitrogens is 2. The summed E-state index contributed by atoms with van der Waals surface area (Å²) in [5, 5.41) is 10.2. The van der Waals surface area contributed by atoms with Crippen LogP contribution < -0.4 is 0 Å². The summed E-state index contributed by atoms with van der Waals surface area (Å²) in [5.41, 5.74) is 15.1. The molecule has 1 aliphatic carbocycles. The molecule has 2 aromatic heterocycles. The van der Waals surface area contributed by atoms with E-state index in [4.69, 9.17) is 0 Å². The zero-order chi connectivity index (χ0) is 36.4. The molecule has 0 saturated heterocycles. The van der Waals surface area contributed by atoms with Gasteiger partial charge in [0.2, 0.25) is 0 Å². The van der Waals surface area contributed by atoms with Crippen molar-refractivity contribution in [3.8, 4) is 33.6 Å². The molecule has 0 saturated carbocycles. The van der Waals surface area contributed by atoms with Gasteiger partial charge < -0.3 is 9.13 Å². The van der Waals surface area contributed by atoms with Gasteiger partial charge in [0, 0.05) is 38.3 Å². The van der Waals surface area contributed by atoms with Crippen LogP contribution in [0.15, 0.2) is 182 Å². The van der Waals surface area contributed by atoms with Crippen LogP contribution in [-0.4, -0.2) is 9.13 Å². The number of hydrogen-bond donors (Lipinski definition) is 0. The van der Waals surface area contributed by atoms with Crippen LogP contribution in [0.2, 0.25) is 0 Å². The van der Waals surface area contributed by atoms with Crippen LogP contribution in [-0.2, 0) is 5.41 Å². The summed E-state index contributed by atoms with van der Waals surface area (Å²) in [4.78, 5) is 0. The highest BCUT2D eigenvalue weighted by molar-refractivity contribution is 6.16. The lowest BCUT2D eigenvalue weighted by Gasteiger charge is -2.22. The van der Waals surface area contributed by atoms with Crippen molar-refractivity contribution in [2.75, 3.05) is 0 Å². The zero-order valence-electron chi connectivity index (χ0n) is 30.7. The van der Waals surface area contributed by atoms with E-state index in [1.165, 1.54) is 110 Å². The average molecular weight is 701 g/mol. The van der Waals surface area contributed by atoms with E-state index in [0.717, 1.165) is 0 Å². The van der Waals surface area contributed by atoms with Crippen molar-refractivity contribution < 1.29 is 0 Å². The first-order valence-electron chi connectivity index (χ1n) is 19.3. The van der Waals surface area contributed by atoms with Gasteiger partial charge in [0.15, 0.2) is 0 Å². The summed E-state index contributed by atoms with van der Waals surface area (Å²) in [5.74, 6) is 0. The molecule has 55 heavy (non-hydrogen) atoms. The standard InChI is InChI=1S/C53H36N2/c1-53(2)46-17-9-7-15-41(46)43-25-28-50-51(52(43)53)45-32-38(22-27-49(45)55(50)40-24-20-34-12-4-6-14-36(34)30-40)37-21-26-48-44(31-37)42-16-8-10-18-47(42)54(48)39-23-19-33-11-3-5-13-35(33)29-39/h3-32H,1-2H3. The third kappa shape index (κ3) is 4.25. The molecule has 2 heterocycles. The number of benzene rings is 9. The fraction of sp³-hybridized carbons (Fsp3) is 0.0566. The van der Waals surface area contributed by atoms with Gasteiger partial charge in [0.1, 0.15) is 0 Å². The maximum atomic E-state index is 2.49. The van der Waals surface area contributed by atoms with Crippen molar-refractivity contribution >= 4 is 65.2 Å². The molecule has 0 spiro atoms. The van der Waals surface area contributed by atoms with Gasteiger partial charge >= 0.3 is 0 Å². The molecule has 0 N–H and O–H groups in total. The van der Waals surface area contributed by atoms with E-state index in [0.29, 0.717) is 0 Å². The lowest BCUT2D eigenvalue weighted by Crippen LogP contribution is -2.15. The molecule has 0 fully saturated rings. The fourth-order valence-corrected chi connectivity index (χ4v) is 9.90. The Kier molecular flexibility index (Phi) is 6.15. The first-order valence-corrected chi connectivity index (χ1v) is 19.3. The van der Waals surface area contributed by atoms with Crippen molar-refractivity contribution in [3.63, 3.8) is 0 Å². The summed E-state index contributed by atoms with van der Waals surface area (Å²) in [6, 6.07) is 67.6. The normalized spacial score (nSPS) is 13.4. The number of nitrogens with zero attached hydrogens (tertiary/aromatic N) is 2. The molecular weight excluding hydrogens is 665 g/mol. The van der Waals surface area contributed by atoms with Crippen molar-refractivity contribution in [1.29, 1.82) is 0 Å². The van der Waals surface area contributed by atoms with Gasteiger partial charge in [0.05, 0.1) is 22.1 Å². The van der Waals surface area contributed by atoms with E-state index in [9.17, 15) is 0 Å². The van der Waals surface area contributed by atoms with E-state index < -0.39 is 0 Å². The highest BCUT2D eigenvalue weighted by Crippen LogP contribution is 2.53. The Morgan fingerprint density at radius 1 is 0.364 bits per heavy atom. The minimum atomic E-state index is -0.145. The van der Waals surface area contributed by atoms with Crippen LogP contribution in [0.4, 0.5) is 0 Å². The SMILES string of the molecule is CC1(C)c2ccccc2-c2ccc3c(c21)c1cc(-c2ccc4c(c2)c2ccccc2n4-c2ccc4ccccc4c2)ccc1n3-c1ccc2ccccc2c1. The Labute approximate surface area is 319 Å². The number of hydrogen-bond acceptors (Lipinski definition) is 0. The highest BCUT2D eigenvalue weighted by atomic mass is 15.0. The molecule has 0 unspecified atom stereocenters. The van der Waals surface area contributed by atoms with Gasteiger partial charge in [-0.3, -0.25) is 0 Å². The van der Waals surface area contributed by atoms with Gasteiger partial charge in [-0.05, 0) is 116 Å². The molecule has 258 valence electrons. The van der Waals surface area contributed by atoms with Gasteiger partial charge in [-0.25, -0.2) is 0 Å². The summed E-state index contributed by atoms with van der Waals surface area (Å²) in [6.07, 6.45) is 0. The Balaban J connectivity index is 1.11. The molecule has 0 aliphatic heterocycles. The summed E-state index contributed by atoms with van der Waals surface area (Å²) in [6.45, 7) is 4.80. The van der Waals surface area contributed by atoms with Crippen molar-refractivity contribution in [2.24, 2.45) is 0 Å². The quantitative estimate of drug-likeness (QED) is 0.174. The van der Waals surface area contributed by atoms with E-state index in [1.807, 2.05) is 0 Å². The van der Waals surface area contributed by atoms with E-state index in [-0.39, 0.29) is 5.41 Å². The lowest BCUT2D eigenvalue weighted by molar-refractivity contribution is 0.666. The summed E-state index contributed by atoms with van der Waals surface area (Å²) in [7, 11) is 0. The maximum absolute atomic E-state index is 2.49. The Morgan fingerprint density at radius 2 is 0.891 bits per heavy atom. The molecule has 2 nitrogen and oxygen atoms in total. The Bertz CT molecular complexity index is 3410. The Hall–Kier alpha value is -6.90. The molecule has 1 aliphatic rings. The van der Waals surface area contributed by atoms with Crippen LogP contribution in [0.25, 0.3) is 98.8 Å². The second-order valence-electron chi connectivity index (χ2n) is 15.8. The fourth-order valence-electron chi connectivity index (χ4n) is 9.90. The molecule has 2 heteroatoms. The molecular formula is C53H36N2. The van der Waals surface area contributed by atoms with Crippen LogP contribution in [0.1, 0.15) is 25.0 Å². The van der Waals surface area contributed by atoms with E-state index in [1.54, 1.807) is 0 Å². The molecule has 0 atom stereocenters. The summed E-state index contributed by atoms with van der Waals surface area (Å²) >= 11 is 0. The van der Waals surface area contributed by atoms with E-state index in [2.05, 4.69) is 205 Å². The number of rotatable bonds is 3. The molecule has 0 bridgehead atoms. The van der Waals surface area contributed by atoms with Crippen LogP contribution in [0.5, 0.6) is 0 Å². The first-order chi connectivity index (χ1) is 27.0. The maximum Gasteiger partial charge on any atom is 0.0544 e. The predicted octanol–water partition coefficient (Wildman–Crippen LogP) is 14.2. The summed E-state index contributed by atoms with van der Waals surface area (Å²) < 4.78 is 4.91. The van der Waals surface area contributed by atoms with Gasteiger partial charge in [-0.2, -0.15) is 0 Å². The van der Waals surface area contributed by atoms with Crippen LogP contribution >= 0.6 is 0 Å². The Morgan fingerprint density at radius 3 is 1.60 bits per heavy atom. The highest BCUT2D eigenvalue weighted by Gasteiger charge is 2.38. The predicted molar refractivity (Wildman–Crippen MR) is 233 cm³/mol. The second kappa shape index (κ2) is 11.1. The van der Waals surface area contributed by atoms with Gasteiger partial charge in [-0.15, -0.1) is 0 Å². The smallest absolute Gasteiger partial charge is 0.0544 e. The van der Waals surface area contributed by atoms with Crippen molar-refractivity contribution in [2.45, 2.75) is 19.3 Å². The third-order valence-electron chi connectivity index (χ3n) is 12.4. The largest absolute Gasteiger partial charge is 0.309 e. The van der Waals surface area contributed by atoms with Crippen LogP contribution in [0, 0.1) is 0 Å². The van der Waals surface area contributed by atoms with Crippen LogP contribution in [0.3, 0.4) is 0 Å². The number of para-hydroxylation sites is 1. The molecule has 0 amide bonds. The zero-order valence-corrected chi connectivity index (χ0v) is 30.7. The molecule has 11 aromatic rings. The molecule has 0 radical (unpaired) electrons. The first kappa shape index (κ1) is 30.6. The molecule has 12 rings (SSSR count). The average Bonchev–Trinajstić information content (AvgIpc) is 3.83. The minimum absolute atomic E-state index is 0.145. The third-order valence-corrected chi connectivity index (χ3v) is 12.4. The van der Waals surface area contributed by atoms with Gasteiger partial charge in [0.25, 0.3) is 0 Å². The second-order valence-corrected chi connectivity index (χ2v) is 15.8. The lowest BCUT2D eigenvalue weighted by atomic mass is 9.80. The van der Waals surface area contributed by atoms with E-state index >= 15 is 0 Å². The monoisotopic (exact) mass is 700 g/mol. The minimum Gasteiger partial charge on any atom is -0.309 e. The topological polar surface area (TPSA) is 9.86 Å². The molecule has 9 aromatic carbocycles. The number of fused-ring (bicyclic) bond motifs is 12. The van der Waals surface area contributed by atoms with Crippen molar-refractivity contribution in [1.82, 2.24) is 9.13 Å². The van der Waals surface area contributed by atoms with Crippen molar-refractivity contribution in [3.05, 3.63) is 193 Å².